The van der Waals surface area contributed by atoms with Crippen LogP contribution >= 0.6 is 11.3 Å². The number of thiazole rings is 1. The van der Waals surface area contributed by atoms with Crippen LogP contribution in [-0.2, 0) is 6.54 Å². The molecule has 0 spiro atoms. The predicted molar refractivity (Wildman–Crippen MR) is 72.1 cm³/mol. The van der Waals surface area contributed by atoms with Gasteiger partial charge in [-0.2, -0.15) is 9.66 Å². The number of hydrogen-bond acceptors (Lipinski definition) is 6. The van der Waals surface area contributed by atoms with Gasteiger partial charge in [0.05, 0.1) is 0 Å². The van der Waals surface area contributed by atoms with Crippen LogP contribution in [0, 0.1) is 0 Å². The number of allylic oxidation sites excluding steroid dienone is 2. The van der Waals surface area contributed by atoms with E-state index in [2.05, 4.69) is 4.98 Å². The fraction of sp³-hybridized carbons (Fsp3) is 0.300. The molecule has 2 aromatic heterocycles. The zero-order valence-corrected chi connectivity index (χ0v) is 10.6. The lowest BCUT2D eigenvalue weighted by Crippen LogP contribution is -2.30. The standard InChI is InChI=1S/C10H13N5O2S/c1-2-3-4-5-14-7-6(18-10(14)17)8(16)15(12)9(11)13-7/h3-4H,2,5,12H2,1H3,(H2,11,13)/b4-3-. The Kier molecular flexibility index (Phi) is 3.19. The molecular formula is C10H13N5O2S. The van der Waals surface area contributed by atoms with Crippen LogP contribution in [0.25, 0.3) is 10.3 Å². The lowest BCUT2D eigenvalue weighted by molar-refractivity contribution is 0.815. The van der Waals surface area contributed by atoms with Gasteiger partial charge >= 0.3 is 4.87 Å². The molecule has 0 radical (unpaired) electrons. The maximum absolute atomic E-state index is 11.8. The number of aromatic nitrogens is 3. The average molecular weight is 267 g/mol. The first-order chi connectivity index (χ1) is 8.56. The fourth-order valence-electron chi connectivity index (χ4n) is 1.53. The largest absolute Gasteiger partial charge is 0.368 e. The molecule has 7 nitrogen and oxygen atoms in total. The Morgan fingerprint density at radius 1 is 1.39 bits per heavy atom. The van der Waals surface area contributed by atoms with Crippen molar-refractivity contribution in [1.29, 1.82) is 0 Å². The van der Waals surface area contributed by atoms with Crippen LogP contribution in [0.5, 0.6) is 0 Å². The molecule has 2 heterocycles. The Hall–Kier alpha value is -2.09. The van der Waals surface area contributed by atoms with E-state index in [4.69, 9.17) is 11.6 Å². The smallest absolute Gasteiger partial charge is 0.309 e. The van der Waals surface area contributed by atoms with Gasteiger partial charge in [0.25, 0.3) is 5.56 Å². The normalized spacial score (nSPS) is 11.6. The Morgan fingerprint density at radius 2 is 2.11 bits per heavy atom. The molecule has 0 aliphatic rings. The van der Waals surface area contributed by atoms with Crippen molar-refractivity contribution in [3.63, 3.8) is 0 Å². The number of nitrogen functional groups attached to an aromatic ring is 2. The monoisotopic (exact) mass is 267 g/mol. The highest BCUT2D eigenvalue weighted by Crippen LogP contribution is 2.11. The summed E-state index contributed by atoms with van der Waals surface area (Å²) in [5.41, 5.74) is 5.30. The zero-order valence-electron chi connectivity index (χ0n) is 9.79. The molecule has 0 unspecified atom stereocenters. The molecule has 18 heavy (non-hydrogen) atoms. The van der Waals surface area contributed by atoms with Gasteiger partial charge in [0, 0.05) is 6.54 Å². The SMILES string of the molecule is CC/C=C\Cn1c(=O)sc2c(=O)n(N)c(N)nc21. The Bertz CT molecular complexity index is 724. The minimum atomic E-state index is -0.502. The van der Waals surface area contributed by atoms with Crippen molar-refractivity contribution in [3.05, 3.63) is 32.2 Å². The van der Waals surface area contributed by atoms with E-state index in [0.29, 0.717) is 6.54 Å². The Morgan fingerprint density at radius 3 is 2.78 bits per heavy atom. The lowest BCUT2D eigenvalue weighted by atomic mass is 10.4. The van der Waals surface area contributed by atoms with Crippen molar-refractivity contribution in [2.45, 2.75) is 19.9 Å². The second kappa shape index (κ2) is 4.65. The molecule has 0 fully saturated rings. The third kappa shape index (κ3) is 1.90. The Balaban J connectivity index is 2.68. The van der Waals surface area contributed by atoms with E-state index in [0.717, 1.165) is 22.4 Å². The van der Waals surface area contributed by atoms with E-state index >= 15 is 0 Å². The first-order valence-corrected chi connectivity index (χ1v) is 6.19. The second-order valence-electron chi connectivity index (χ2n) is 3.66. The van der Waals surface area contributed by atoms with Gasteiger partial charge in [-0.25, -0.2) is 0 Å². The first kappa shape index (κ1) is 12.4. The van der Waals surface area contributed by atoms with Crippen LogP contribution in [0.3, 0.4) is 0 Å². The van der Waals surface area contributed by atoms with Gasteiger partial charge in [-0.15, -0.1) is 0 Å². The van der Waals surface area contributed by atoms with Crippen LogP contribution < -0.4 is 22.0 Å². The topological polar surface area (TPSA) is 109 Å². The summed E-state index contributed by atoms with van der Waals surface area (Å²) in [7, 11) is 0. The molecule has 0 saturated carbocycles. The van der Waals surface area contributed by atoms with Gasteiger partial charge < -0.3 is 11.6 Å². The third-order valence-electron chi connectivity index (χ3n) is 2.44. The highest BCUT2D eigenvalue weighted by molar-refractivity contribution is 7.16. The zero-order chi connectivity index (χ0) is 13.3. The van der Waals surface area contributed by atoms with E-state index in [9.17, 15) is 9.59 Å². The van der Waals surface area contributed by atoms with Crippen molar-refractivity contribution in [1.82, 2.24) is 14.2 Å². The molecule has 0 aromatic carbocycles. The maximum Gasteiger partial charge on any atom is 0.309 e. The van der Waals surface area contributed by atoms with Crippen LogP contribution in [0.1, 0.15) is 13.3 Å². The summed E-state index contributed by atoms with van der Waals surface area (Å²) in [6, 6.07) is 0. The molecule has 0 aliphatic heterocycles. The molecule has 4 N–H and O–H groups in total. The summed E-state index contributed by atoms with van der Waals surface area (Å²) in [6.07, 6.45) is 4.66. The van der Waals surface area contributed by atoms with Crippen molar-refractivity contribution >= 4 is 27.6 Å². The van der Waals surface area contributed by atoms with E-state index in [1.165, 1.54) is 4.57 Å². The summed E-state index contributed by atoms with van der Waals surface area (Å²) in [5.74, 6) is 5.31. The van der Waals surface area contributed by atoms with Crippen molar-refractivity contribution in [3.8, 4) is 0 Å². The van der Waals surface area contributed by atoms with Gasteiger partial charge in [-0.05, 0) is 6.42 Å². The Labute approximate surface area is 106 Å². The predicted octanol–water partition coefficient (Wildman–Crippen LogP) is -0.118. The summed E-state index contributed by atoms with van der Waals surface area (Å²) in [4.78, 5) is 27.3. The quantitative estimate of drug-likeness (QED) is 0.595. The minimum Gasteiger partial charge on any atom is -0.368 e. The van der Waals surface area contributed by atoms with Gasteiger partial charge in [0.15, 0.2) is 5.65 Å². The molecule has 2 rings (SSSR count). The fourth-order valence-corrected chi connectivity index (χ4v) is 2.41. The molecule has 0 aliphatic carbocycles. The van der Waals surface area contributed by atoms with Crippen LogP contribution in [0.4, 0.5) is 5.95 Å². The molecule has 0 saturated heterocycles. The number of rotatable bonds is 3. The van der Waals surface area contributed by atoms with Crippen LogP contribution in [0.2, 0.25) is 0 Å². The van der Waals surface area contributed by atoms with E-state index < -0.39 is 5.56 Å². The number of nitrogens with two attached hydrogens (primary N) is 2. The second-order valence-corrected chi connectivity index (χ2v) is 4.62. The van der Waals surface area contributed by atoms with Gasteiger partial charge in [-0.1, -0.05) is 30.4 Å². The third-order valence-corrected chi connectivity index (χ3v) is 3.40. The lowest BCUT2D eigenvalue weighted by Gasteiger charge is -2.03. The highest BCUT2D eigenvalue weighted by atomic mass is 32.1. The van der Waals surface area contributed by atoms with E-state index in [1.54, 1.807) is 0 Å². The van der Waals surface area contributed by atoms with Crippen molar-refractivity contribution in [2.75, 3.05) is 11.6 Å². The highest BCUT2D eigenvalue weighted by Gasteiger charge is 2.14. The first-order valence-electron chi connectivity index (χ1n) is 5.38. The number of fused-ring (bicyclic) bond motifs is 1. The maximum atomic E-state index is 11.8. The molecule has 8 heteroatoms. The van der Waals surface area contributed by atoms with Gasteiger partial charge in [-0.3, -0.25) is 14.2 Å². The molecular weight excluding hydrogens is 254 g/mol. The molecule has 2 aromatic rings. The summed E-state index contributed by atoms with van der Waals surface area (Å²) in [5, 5.41) is 0. The summed E-state index contributed by atoms with van der Waals surface area (Å²) in [6.45, 7) is 2.36. The van der Waals surface area contributed by atoms with Crippen LogP contribution in [0.15, 0.2) is 21.7 Å². The molecule has 0 bridgehead atoms. The van der Waals surface area contributed by atoms with E-state index in [1.807, 2.05) is 19.1 Å². The minimum absolute atomic E-state index is 0.112. The molecule has 0 atom stereocenters. The van der Waals surface area contributed by atoms with E-state index in [-0.39, 0.29) is 21.2 Å². The number of nitrogens with zero attached hydrogens (tertiary/aromatic N) is 3. The summed E-state index contributed by atoms with van der Waals surface area (Å²) >= 11 is 0.828. The van der Waals surface area contributed by atoms with Gasteiger partial charge in [0.2, 0.25) is 5.95 Å². The van der Waals surface area contributed by atoms with Crippen molar-refractivity contribution < 1.29 is 0 Å². The molecule has 96 valence electrons. The average Bonchev–Trinajstić information content (AvgIpc) is 2.65. The van der Waals surface area contributed by atoms with Crippen LogP contribution in [-0.4, -0.2) is 14.2 Å². The number of hydrogen-bond donors (Lipinski definition) is 2. The summed E-state index contributed by atoms with van der Waals surface area (Å²) < 4.78 is 2.37. The van der Waals surface area contributed by atoms with Gasteiger partial charge in [0.1, 0.15) is 4.70 Å². The van der Waals surface area contributed by atoms with Crippen molar-refractivity contribution in [2.24, 2.45) is 0 Å². The number of anilines is 1. The molecule has 0 amide bonds.